The summed E-state index contributed by atoms with van der Waals surface area (Å²) >= 11 is 3.51. The summed E-state index contributed by atoms with van der Waals surface area (Å²) in [4.78, 5) is 16.4. The van der Waals surface area contributed by atoms with Gasteiger partial charge in [-0.3, -0.25) is 9.69 Å². The number of carbonyl (C=O) groups excluding carboxylic acids is 1. The summed E-state index contributed by atoms with van der Waals surface area (Å²) in [6.45, 7) is 5.00. The number of halogens is 1. The maximum atomic E-state index is 12.5. The maximum absolute atomic E-state index is 12.5. The van der Waals surface area contributed by atoms with Gasteiger partial charge in [0.15, 0.2) is 0 Å². The highest BCUT2D eigenvalue weighted by molar-refractivity contribution is 9.10. The molecule has 0 unspecified atom stereocenters. The Bertz CT molecular complexity index is 647. The van der Waals surface area contributed by atoms with Crippen molar-refractivity contribution in [3.63, 3.8) is 0 Å². The van der Waals surface area contributed by atoms with Gasteiger partial charge in [-0.05, 0) is 18.1 Å². The fraction of sp³-hybridized carbons (Fsp3) is 0.444. The summed E-state index contributed by atoms with van der Waals surface area (Å²) in [6, 6.07) is 10.0. The Kier molecular flexibility index (Phi) is 7.92. The molecule has 1 amide bonds. The predicted octanol–water partition coefficient (Wildman–Crippen LogP) is 1.09. The van der Waals surface area contributed by atoms with Crippen molar-refractivity contribution in [3.05, 3.63) is 46.1 Å². The van der Waals surface area contributed by atoms with Crippen molar-refractivity contribution >= 4 is 21.8 Å². The molecular formula is C18H24BrN5O. The molecule has 0 aliphatic carbocycles. The first-order valence-electron chi connectivity index (χ1n) is 8.44. The van der Waals surface area contributed by atoms with Crippen LogP contribution < -0.4 is 11.1 Å². The molecule has 6 nitrogen and oxygen atoms in total. The van der Waals surface area contributed by atoms with Crippen LogP contribution in [0.15, 0.2) is 40.5 Å². The molecular weight excluding hydrogens is 382 g/mol. The van der Waals surface area contributed by atoms with Crippen LogP contribution in [0.4, 0.5) is 0 Å². The van der Waals surface area contributed by atoms with Crippen molar-refractivity contribution in [1.82, 2.24) is 15.1 Å². The van der Waals surface area contributed by atoms with E-state index in [0.717, 1.165) is 30.5 Å². The molecule has 7 heteroatoms. The van der Waals surface area contributed by atoms with E-state index in [0.29, 0.717) is 26.2 Å². The monoisotopic (exact) mass is 405 g/mol. The topological polar surface area (TPSA) is 85.4 Å². The number of nitrogens with one attached hydrogen (secondary N) is 1. The number of nitrogens with zero attached hydrogens (tertiary/aromatic N) is 3. The van der Waals surface area contributed by atoms with E-state index < -0.39 is 0 Å². The third-order valence-electron chi connectivity index (χ3n) is 4.20. The van der Waals surface area contributed by atoms with Crippen LogP contribution in [-0.4, -0.2) is 61.5 Å². The number of hydrogen-bond acceptors (Lipinski definition) is 5. The van der Waals surface area contributed by atoms with E-state index in [-0.39, 0.29) is 11.5 Å². The maximum Gasteiger partial charge on any atom is 0.266 e. The van der Waals surface area contributed by atoms with Crippen molar-refractivity contribution in [2.75, 3.05) is 45.8 Å². The van der Waals surface area contributed by atoms with Gasteiger partial charge in [-0.2, -0.15) is 5.26 Å². The van der Waals surface area contributed by atoms with Gasteiger partial charge in [0.2, 0.25) is 0 Å². The first kappa shape index (κ1) is 19.4. The van der Waals surface area contributed by atoms with Crippen molar-refractivity contribution in [2.45, 2.75) is 6.42 Å². The average molecular weight is 406 g/mol. The molecule has 1 fully saturated rings. The van der Waals surface area contributed by atoms with Crippen LogP contribution in [0.3, 0.4) is 0 Å². The molecule has 25 heavy (non-hydrogen) atoms. The zero-order chi connectivity index (χ0) is 18.1. The second-order valence-corrected chi connectivity index (χ2v) is 6.74. The number of hydrogen-bond donors (Lipinski definition) is 2. The lowest BCUT2D eigenvalue weighted by atomic mass is 10.1. The second kappa shape index (κ2) is 10.2. The molecule has 134 valence electrons. The molecule has 1 aromatic carbocycles. The van der Waals surface area contributed by atoms with Gasteiger partial charge in [0.25, 0.3) is 5.91 Å². The van der Waals surface area contributed by atoms with Crippen LogP contribution in [-0.2, 0) is 11.2 Å². The first-order chi connectivity index (χ1) is 12.2. The van der Waals surface area contributed by atoms with Crippen LogP contribution in [0.5, 0.6) is 0 Å². The summed E-state index contributed by atoms with van der Waals surface area (Å²) in [5, 5.41) is 12.4. The molecule has 1 aliphatic rings. The average Bonchev–Trinajstić information content (AvgIpc) is 2.63. The Morgan fingerprint density at radius 1 is 1.32 bits per heavy atom. The quantitative estimate of drug-likeness (QED) is 0.402. The third kappa shape index (κ3) is 5.85. The fourth-order valence-electron chi connectivity index (χ4n) is 2.75. The van der Waals surface area contributed by atoms with Crippen molar-refractivity contribution < 1.29 is 4.79 Å². The highest BCUT2D eigenvalue weighted by Gasteiger charge is 2.23. The second-order valence-electron chi connectivity index (χ2n) is 5.89. The summed E-state index contributed by atoms with van der Waals surface area (Å²) < 4.78 is 1.06. The molecule has 0 bridgehead atoms. The highest BCUT2D eigenvalue weighted by Crippen LogP contribution is 2.15. The van der Waals surface area contributed by atoms with Crippen LogP contribution in [0.25, 0.3) is 0 Å². The predicted molar refractivity (Wildman–Crippen MR) is 102 cm³/mol. The lowest BCUT2D eigenvalue weighted by Gasteiger charge is -2.34. The normalized spacial score (nSPS) is 15.7. The lowest BCUT2D eigenvalue weighted by Crippen LogP contribution is -2.50. The van der Waals surface area contributed by atoms with Gasteiger partial charge >= 0.3 is 0 Å². The minimum absolute atomic E-state index is 0.152. The van der Waals surface area contributed by atoms with Crippen LogP contribution in [0.1, 0.15) is 5.56 Å². The van der Waals surface area contributed by atoms with Crippen molar-refractivity contribution in [2.24, 2.45) is 5.73 Å². The molecule has 3 N–H and O–H groups in total. The van der Waals surface area contributed by atoms with E-state index in [1.165, 1.54) is 11.8 Å². The standard InChI is InChI=1S/C18H24BrN5O/c19-17-4-2-1-3-15(17)5-7-22-14-16(13-21)18(25)24-11-9-23(8-6-20)10-12-24/h1-4,14,22H,5-12,20H2/b16-14-. The molecule has 0 spiro atoms. The Hall–Kier alpha value is -1.88. The van der Waals surface area contributed by atoms with Gasteiger partial charge in [-0.15, -0.1) is 0 Å². The fourth-order valence-corrected chi connectivity index (χ4v) is 3.23. The van der Waals surface area contributed by atoms with Crippen molar-refractivity contribution in [1.29, 1.82) is 5.26 Å². The van der Waals surface area contributed by atoms with E-state index in [4.69, 9.17) is 5.73 Å². The van der Waals surface area contributed by atoms with Crippen molar-refractivity contribution in [3.8, 4) is 6.07 Å². The number of nitrogens with two attached hydrogens (primary N) is 1. The summed E-state index contributed by atoms with van der Waals surface area (Å²) in [5.74, 6) is -0.205. The summed E-state index contributed by atoms with van der Waals surface area (Å²) in [7, 11) is 0. The number of benzene rings is 1. The van der Waals surface area contributed by atoms with Crippen LogP contribution >= 0.6 is 15.9 Å². The highest BCUT2D eigenvalue weighted by atomic mass is 79.9. The van der Waals surface area contributed by atoms with Crippen LogP contribution in [0.2, 0.25) is 0 Å². The molecule has 1 aliphatic heterocycles. The van der Waals surface area contributed by atoms with Gasteiger partial charge in [-0.1, -0.05) is 34.1 Å². The molecule has 0 radical (unpaired) electrons. The number of nitriles is 1. The Labute approximate surface area is 157 Å². The number of carbonyl (C=O) groups is 1. The first-order valence-corrected chi connectivity index (χ1v) is 9.23. The van der Waals surface area contributed by atoms with Gasteiger partial charge in [0, 0.05) is 56.5 Å². The molecule has 0 atom stereocenters. The SMILES string of the molecule is N#C/C(=C/NCCc1ccccc1Br)C(=O)N1CCN(CCN)CC1. The Balaban J connectivity index is 1.82. The third-order valence-corrected chi connectivity index (χ3v) is 4.97. The summed E-state index contributed by atoms with van der Waals surface area (Å²) in [5.41, 5.74) is 6.89. The van der Waals surface area contributed by atoms with E-state index >= 15 is 0 Å². The minimum atomic E-state index is -0.205. The number of amides is 1. The van der Waals surface area contributed by atoms with Crippen LogP contribution in [0, 0.1) is 11.3 Å². The Morgan fingerprint density at radius 2 is 2.04 bits per heavy atom. The molecule has 0 aromatic heterocycles. The number of piperazine rings is 1. The van der Waals surface area contributed by atoms with E-state index in [1.54, 1.807) is 4.90 Å². The molecule has 1 aromatic rings. The minimum Gasteiger partial charge on any atom is -0.389 e. The molecule has 1 saturated heterocycles. The van der Waals surface area contributed by atoms with Gasteiger partial charge in [0.05, 0.1) is 0 Å². The largest absolute Gasteiger partial charge is 0.389 e. The smallest absolute Gasteiger partial charge is 0.266 e. The molecule has 1 heterocycles. The van der Waals surface area contributed by atoms with E-state index in [9.17, 15) is 10.1 Å². The number of rotatable bonds is 7. The molecule has 0 saturated carbocycles. The van der Waals surface area contributed by atoms with Gasteiger partial charge < -0.3 is 16.0 Å². The van der Waals surface area contributed by atoms with E-state index in [1.807, 2.05) is 30.3 Å². The van der Waals surface area contributed by atoms with Gasteiger partial charge in [0.1, 0.15) is 11.6 Å². The Morgan fingerprint density at radius 3 is 2.68 bits per heavy atom. The summed E-state index contributed by atoms with van der Waals surface area (Å²) in [6.07, 6.45) is 2.34. The molecule has 2 rings (SSSR count). The van der Waals surface area contributed by atoms with E-state index in [2.05, 4.69) is 26.1 Å². The zero-order valence-corrected chi connectivity index (χ0v) is 15.8. The van der Waals surface area contributed by atoms with Gasteiger partial charge in [-0.25, -0.2) is 0 Å². The lowest BCUT2D eigenvalue weighted by molar-refractivity contribution is -0.128. The zero-order valence-electron chi connectivity index (χ0n) is 14.2.